The van der Waals surface area contributed by atoms with Crippen LogP contribution in [0.3, 0.4) is 0 Å². The first-order chi connectivity index (χ1) is 11.6. The Bertz CT molecular complexity index is 583. The van der Waals surface area contributed by atoms with Crippen molar-refractivity contribution in [2.24, 2.45) is 0 Å². The molecule has 0 unspecified atom stereocenters. The van der Waals surface area contributed by atoms with Crippen LogP contribution in [0.5, 0.6) is 11.5 Å². The molecule has 0 spiro atoms. The number of rotatable bonds is 5. The lowest BCUT2D eigenvalue weighted by molar-refractivity contribution is -0.125. The highest BCUT2D eigenvalue weighted by molar-refractivity contribution is 5.87. The van der Waals surface area contributed by atoms with Gasteiger partial charge in [-0.3, -0.25) is 9.69 Å². The normalized spacial score (nSPS) is 18.2. The maximum absolute atomic E-state index is 12.7. The van der Waals surface area contributed by atoms with Crippen LogP contribution in [0.1, 0.15) is 19.4 Å². The van der Waals surface area contributed by atoms with Crippen molar-refractivity contribution in [2.45, 2.75) is 19.3 Å². The second-order valence-electron chi connectivity index (χ2n) is 6.83. The molecule has 0 saturated carbocycles. The molecular formula is C18H27N3O3. The van der Waals surface area contributed by atoms with E-state index in [2.05, 4.69) is 15.5 Å². The first-order valence-corrected chi connectivity index (χ1v) is 8.69. The fourth-order valence-corrected chi connectivity index (χ4v) is 3.05. The second-order valence-corrected chi connectivity index (χ2v) is 6.83. The molecule has 6 nitrogen and oxygen atoms in total. The van der Waals surface area contributed by atoms with E-state index >= 15 is 0 Å². The van der Waals surface area contributed by atoms with Gasteiger partial charge in [0.2, 0.25) is 5.91 Å². The van der Waals surface area contributed by atoms with Gasteiger partial charge in [0.05, 0.1) is 5.41 Å². The summed E-state index contributed by atoms with van der Waals surface area (Å²) in [6.07, 6.45) is 0. The topological polar surface area (TPSA) is 62.8 Å². The van der Waals surface area contributed by atoms with E-state index in [4.69, 9.17) is 9.47 Å². The minimum absolute atomic E-state index is 0.0364. The number of hydrogen-bond acceptors (Lipinski definition) is 5. The van der Waals surface area contributed by atoms with Crippen LogP contribution in [0.4, 0.5) is 0 Å². The lowest BCUT2D eigenvalue weighted by atomic mass is 9.83. The van der Waals surface area contributed by atoms with E-state index in [1.807, 2.05) is 32.0 Å². The Kier molecular flexibility index (Phi) is 5.26. The molecule has 1 fully saturated rings. The van der Waals surface area contributed by atoms with Gasteiger partial charge in [-0.05, 0) is 31.5 Å². The van der Waals surface area contributed by atoms with E-state index in [0.717, 1.165) is 49.8 Å². The van der Waals surface area contributed by atoms with Gasteiger partial charge in [0.25, 0.3) is 0 Å². The summed E-state index contributed by atoms with van der Waals surface area (Å²) in [5.41, 5.74) is 0.325. The van der Waals surface area contributed by atoms with Crippen molar-refractivity contribution in [2.75, 3.05) is 52.5 Å². The van der Waals surface area contributed by atoms with Gasteiger partial charge in [0, 0.05) is 39.3 Å². The number of ether oxygens (including phenoxy) is 2. The lowest BCUT2D eigenvalue weighted by Gasteiger charge is -2.29. The van der Waals surface area contributed by atoms with Gasteiger partial charge in [0.1, 0.15) is 13.2 Å². The average molecular weight is 333 g/mol. The van der Waals surface area contributed by atoms with Crippen molar-refractivity contribution in [1.82, 2.24) is 15.5 Å². The molecule has 2 aliphatic rings. The van der Waals surface area contributed by atoms with E-state index in [9.17, 15) is 4.79 Å². The molecule has 1 aromatic rings. The van der Waals surface area contributed by atoms with E-state index in [0.29, 0.717) is 19.8 Å². The Morgan fingerprint density at radius 3 is 2.67 bits per heavy atom. The molecule has 1 aromatic carbocycles. The fraction of sp³-hybridized carbons (Fsp3) is 0.611. The van der Waals surface area contributed by atoms with Crippen LogP contribution in [-0.2, 0) is 10.2 Å². The molecule has 24 heavy (non-hydrogen) atoms. The van der Waals surface area contributed by atoms with Crippen LogP contribution in [0.15, 0.2) is 18.2 Å². The number of nitrogens with one attached hydrogen (secondary N) is 2. The summed E-state index contributed by atoms with van der Waals surface area (Å²) in [4.78, 5) is 15.0. The third-order valence-electron chi connectivity index (χ3n) is 4.75. The van der Waals surface area contributed by atoms with E-state index < -0.39 is 5.41 Å². The van der Waals surface area contributed by atoms with Gasteiger partial charge in [-0.15, -0.1) is 0 Å². The van der Waals surface area contributed by atoms with Crippen LogP contribution < -0.4 is 20.1 Å². The van der Waals surface area contributed by atoms with Gasteiger partial charge in [-0.25, -0.2) is 0 Å². The van der Waals surface area contributed by atoms with Gasteiger partial charge in [0.15, 0.2) is 11.5 Å². The summed E-state index contributed by atoms with van der Waals surface area (Å²) >= 11 is 0. The highest BCUT2D eigenvalue weighted by Gasteiger charge is 2.31. The highest BCUT2D eigenvalue weighted by Crippen LogP contribution is 2.35. The molecule has 1 saturated heterocycles. The molecular weight excluding hydrogens is 306 g/mol. The summed E-state index contributed by atoms with van der Waals surface area (Å²) in [5.74, 6) is 1.51. The van der Waals surface area contributed by atoms with E-state index in [1.165, 1.54) is 0 Å². The van der Waals surface area contributed by atoms with Gasteiger partial charge < -0.3 is 20.1 Å². The Labute approximate surface area is 143 Å². The number of hydrogen-bond donors (Lipinski definition) is 2. The predicted octanol–water partition coefficient (Wildman–Crippen LogP) is 0.757. The van der Waals surface area contributed by atoms with Crippen LogP contribution in [-0.4, -0.2) is 63.3 Å². The zero-order valence-corrected chi connectivity index (χ0v) is 14.6. The quantitative estimate of drug-likeness (QED) is 0.833. The minimum Gasteiger partial charge on any atom is -0.486 e. The third kappa shape index (κ3) is 3.82. The molecule has 1 amide bonds. The number of nitrogens with zero attached hydrogens (tertiary/aromatic N) is 1. The number of piperazine rings is 1. The van der Waals surface area contributed by atoms with Crippen molar-refractivity contribution in [3.63, 3.8) is 0 Å². The molecule has 0 atom stereocenters. The highest BCUT2D eigenvalue weighted by atomic mass is 16.6. The molecule has 3 rings (SSSR count). The summed E-state index contributed by atoms with van der Waals surface area (Å²) in [7, 11) is 0. The van der Waals surface area contributed by atoms with Gasteiger partial charge >= 0.3 is 0 Å². The molecule has 0 bridgehead atoms. The smallest absolute Gasteiger partial charge is 0.230 e. The molecule has 0 aliphatic carbocycles. The van der Waals surface area contributed by atoms with Crippen molar-refractivity contribution >= 4 is 5.91 Å². The van der Waals surface area contributed by atoms with Crippen molar-refractivity contribution in [3.8, 4) is 11.5 Å². The van der Waals surface area contributed by atoms with Crippen LogP contribution >= 0.6 is 0 Å². The SMILES string of the molecule is CC(C)(C(=O)NCCN1CCNCC1)c1ccc2c(c1)OCCO2. The number of amides is 1. The summed E-state index contributed by atoms with van der Waals surface area (Å²) in [6, 6.07) is 5.76. The van der Waals surface area contributed by atoms with E-state index in [-0.39, 0.29) is 5.91 Å². The zero-order valence-electron chi connectivity index (χ0n) is 14.6. The minimum atomic E-state index is -0.612. The first-order valence-electron chi connectivity index (χ1n) is 8.69. The van der Waals surface area contributed by atoms with Crippen molar-refractivity contribution in [3.05, 3.63) is 23.8 Å². The second kappa shape index (κ2) is 7.40. The number of carbonyl (C=O) groups is 1. The predicted molar refractivity (Wildman–Crippen MR) is 92.8 cm³/mol. The molecule has 2 aliphatic heterocycles. The largest absolute Gasteiger partial charge is 0.486 e. The Hall–Kier alpha value is -1.79. The number of benzene rings is 1. The van der Waals surface area contributed by atoms with Crippen molar-refractivity contribution < 1.29 is 14.3 Å². The van der Waals surface area contributed by atoms with Crippen LogP contribution in [0.2, 0.25) is 0 Å². The number of carbonyl (C=O) groups excluding carboxylic acids is 1. The molecule has 6 heteroatoms. The first kappa shape index (κ1) is 17.0. The third-order valence-corrected chi connectivity index (χ3v) is 4.75. The molecule has 132 valence electrons. The average Bonchev–Trinajstić information content (AvgIpc) is 2.62. The summed E-state index contributed by atoms with van der Waals surface area (Å²) in [6.45, 7) is 10.7. The zero-order chi connectivity index (χ0) is 17.0. The maximum Gasteiger partial charge on any atom is 0.230 e. The fourth-order valence-electron chi connectivity index (χ4n) is 3.05. The van der Waals surface area contributed by atoms with Crippen molar-refractivity contribution in [1.29, 1.82) is 0 Å². The molecule has 2 N–H and O–H groups in total. The van der Waals surface area contributed by atoms with Gasteiger partial charge in [-0.2, -0.15) is 0 Å². The molecule has 2 heterocycles. The molecule has 0 aromatic heterocycles. The maximum atomic E-state index is 12.7. The van der Waals surface area contributed by atoms with Crippen LogP contribution in [0.25, 0.3) is 0 Å². The monoisotopic (exact) mass is 333 g/mol. The number of fused-ring (bicyclic) bond motifs is 1. The lowest BCUT2D eigenvalue weighted by Crippen LogP contribution is -2.48. The van der Waals surface area contributed by atoms with Gasteiger partial charge in [-0.1, -0.05) is 6.07 Å². The van der Waals surface area contributed by atoms with E-state index in [1.54, 1.807) is 0 Å². The standard InChI is InChI=1S/C18H27N3O3/c1-18(2,14-3-4-15-16(13-14)24-12-11-23-15)17(22)20-7-10-21-8-5-19-6-9-21/h3-4,13,19H,5-12H2,1-2H3,(H,20,22). The Balaban J connectivity index is 1.58. The summed E-state index contributed by atoms with van der Waals surface area (Å²) < 4.78 is 11.2. The molecule has 0 radical (unpaired) electrons. The Morgan fingerprint density at radius 2 is 1.92 bits per heavy atom. The summed E-state index contributed by atoms with van der Waals surface area (Å²) in [5, 5.41) is 6.41. The Morgan fingerprint density at radius 1 is 1.21 bits per heavy atom. The van der Waals surface area contributed by atoms with Crippen LogP contribution in [0, 0.1) is 0 Å².